The number of rotatable bonds is 5. The van der Waals surface area contributed by atoms with Crippen molar-refractivity contribution in [3.63, 3.8) is 0 Å². The van der Waals surface area contributed by atoms with Gasteiger partial charge in [-0.3, -0.25) is 0 Å². The Hall–Kier alpha value is -1.88. The van der Waals surface area contributed by atoms with Crippen molar-refractivity contribution in [1.82, 2.24) is 10.1 Å². The average molecular weight is 233 g/mol. The highest BCUT2D eigenvalue weighted by Gasteiger charge is 2.08. The maximum Gasteiger partial charge on any atom is 0.264 e. The van der Waals surface area contributed by atoms with E-state index < -0.39 is 0 Å². The summed E-state index contributed by atoms with van der Waals surface area (Å²) < 4.78 is 10.5. The standard InChI is InChI=1S/C12H15N3O2/c1-9(13)7-11-14-12(17-15-11)8-16-10-5-3-2-4-6-10/h2-6,9H,7-8,13H2,1H3. The molecule has 0 bridgehead atoms. The van der Waals surface area contributed by atoms with Crippen LogP contribution in [-0.4, -0.2) is 16.2 Å². The van der Waals surface area contributed by atoms with Crippen LogP contribution in [0.4, 0.5) is 0 Å². The van der Waals surface area contributed by atoms with Gasteiger partial charge < -0.3 is 15.0 Å². The molecule has 0 aliphatic rings. The molecule has 0 fully saturated rings. The summed E-state index contributed by atoms with van der Waals surface area (Å²) in [4.78, 5) is 4.18. The van der Waals surface area contributed by atoms with E-state index in [9.17, 15) is 0 Å². The monoisotopic (exact) mass is 233 g/mol. The van der Waals surface area contributed by atoms with Crippen LogP contribution >= 0.6 is 0 Å². The van der Waals surface area contributed by atoms with Crippen LogP contribution in [0.3, 0.4) is 0 Å². The Morgan fingerprint density at radius 2 is 2.12 bits per heavy atom. The molecular weight excluding hydrogens is 218 g/mol. The molecule has 0 aliphatic carbocycles. The Kier molecular flexibility index (Phi) is 3.72. The van der Waals surface area contributed by atoms with E-state index in [1.165, 1.54) is 0 Å². The number of nitrogens with two attached hydrogens (primary N) is 1. The minimum absolute atomic E-state index is 0.0236. The third kappa shape index (κ3) is 3.57. The molecule has 0 amide bonds. The summed E-state index contributed by atoms with van der Waals surface area (Å²) in [6.45, 7) is 2.17. The minimum atomic E-state index is 0.0236. The summed E-state index contributed by atoms with van der Waals surface area (Å²) >= 11 is 0. The molecule has 1 aromatic carbocycles. The third-order valence-electron chi connectivity index (χ3n) is 2.12. The summed E-state index contributed by atoms with van der Waals surface area (Å²) in [5.74, 6) is 1.86. The number of benzene rings is 1. The second kappa shape index (κ2) is 5.45. The Bertz CT molecular complexity index is 454. The van der Waals surface area contributed by atoms with Gasteiger partial charge in [0.25, 0.3) is 5.89 Å². The van der Waals surface area contributed by atoms with Crippen molar-refractivity contribution >= 4 is 0 Å². The molecule has 0 saturated heterocycles. The summed E-state index contributed by atoms with van der Waals surface area (Å²) in [6, 6.07) is 9.52. The normalized spacial score (nSPS) is 12.4. The summed E-state index contributed by atoms with van der Waals surface area (Å²) in [5.41, 5.74) is 5.65. The van der Waals surface area contributed by atoms with Gasteiger partial charge in [-0.05, 0) is 19.1 Å². The van der Waals surface area contributed by atoms with Crippen molar-refractivity contribution < 1.29 is 9.26 Å². The lowest BCUT2D eigenvalue weighted by molar-refractivity contribution is 0.242. The molecule has 0 aliphatic heterocycles. The predicted octanol–water partition coefficient (Wildman–Crippen LogP) is 1.54. The SMILES string of the molecule is CC(N)Cc1noc(COc2ccccc2)n1. The van der Waals surface area contributed by atoms with Crippen LogP contribution in [0.15, 0.2) is 34.9 Å². The highest BCUT2D eigenvalue weighted by molar-refractivity contribution is 5.20. The molecule has 17 heavy (non-hydrogen) atoms. The molecule has 0 spiro atoms. The highest BCUT2D eigenvalue weighted by Crippen LogP contribution is 2.10. The molecule has 2 aromatic rings. The number of hydrogen-bond acceptors (Lipinski definition) is 5. The number of ether oxygens (including phenoxy) is 1. The fourth-order valence-corrected chi connectivity index (χ4v) is 1.38. The van der Waals surface area contributed by atoms with Crippen molar-refractivity contribution in [2.24, 2.45) is 5.73 Å². The molecule has 5 heteroatoms. The van der Waals surface area contributed by atoms with E-state index in [1.54, 1.807) is 0 Å². The van der Waals surface area contributed by atoms with Crippen LogP contribution in [0.25, 0.3) is 0 Å². The largest absolute Gasteiger partial charge is 0.484 e. The van der Waals surface area contributed by atoms with E-state index in [0.717, 1.165) is 5.75 Å². The lowest BCUT2D eigenvalue weighted by Gasteiger charge is -2.01. The molecule has 2 rings (SSSR count). The Morgan fingerprint density at radius 3 is 2.82 bits per heavy atom. The zero-order valence-electron chi connectivity index (χ0n) is 9.67. The quantitative estimate of drug-likeness (QED) is 0.847. The molecule has 5 nitrogen and oxygen atoms in total. The fraction of sp³-hybridized carbons (Fsp3) is 0.333. The molecule has 1 aromatic heterocycles. The molecule has 0 radical (unpaired) electrons. The number of nitrogens with zero attached hydrogens (tertiary/aromatic N) is 2. The van der Waals surface area contributed by atoms with Gasteiger partial charge in [-0.1, -0.05) is 23.4 Å². The Balaban J connectivity index is 1.89. The maximum absolute atomic E-state index is 5.65. The first kappa shape index (κ1) is 11.6. The lowest BCUT2D eigenvalue weighted by atomic mass is 10.2. The van der Waals surface area contributed by atoms with Crippen molar-refractivity contribution in [3.05, 3.63) is 42.0 Å². The highest BCUT2D eigenvalue weighted by atomic mass is 16.5. The second-order valence-electron chi connectivity index (χ2n) is 3.89. The van der Waals surface area contributed by atoms with E-state index >= 15 is 0 Å². The molecule has 90 valence electrons. The van der Waals surface area contributed by atoms with Gasteiger partial charge in [0.1, 0.15) is 5.75 Å². The zero-order chi connectivity index (χ0) is 12.1. The first-order chi connectivity index (χ1) is 8.24. The first-order valence-corrected chi connectivity index (χ1v) is 5.49. The second-order valence-corrected chi connectivity index (χ2v) is 3.89. The Morgan fingerprint density at radius 1 is 1.35 bits per heavy atom. The van der Waals surface area contributed by atoms with Crippen LogP contribution < -0.4 is 10.5 Å². The van der Waals surface area contributed by atoms with E-state index in [1.807, 2.05) is 37.3 Å². The van der Waals surface area contributed by atoms with Crippen molar-refractivity contribution in [1.29, 1.82) is 0 Å². The van der Waals surface area contributed by atoms with Crippen LogP contribution in [-0.2, 0) is 13.0 Å². The predicted molar refractivity (Wildman–Crippen MR) is 62.4 cm³/mol. The molecular formula is C12H15N3O2. The van der Waals surface area contributed by atoms with Crippen LogP contribution in [0, 0.1) is 0 Å². The van der Waals surface area contributed by atoms with E-state index in [4.69, 9.17) is 15.0 Å². The summed E-state index contributed by atoms with van der Waals surface area (Å²) in [7, 11) is 0. The Labute approximate surface area is 99.6 Å². The van der Waals surface area contributed by atoms with Crippen LogP contribution in [0.2, 0.25) is 0 Å². The molecule has 0 saturated carbocycles. The van der Waals surface area contributed by atoms with Crippen LogP contribution in [0.5, 0.6) is 5.75 Å². The van der Waals surface area contributed by atoms with Gasteiger partial charge in [-0.15, -0.1) is 0 Å². The first-order valence-electron chi connectivity index (χ1n) is 5.49. The van der Waals surface area contributed by atoms with Gasteiger partial charge in [0.2, 0.25) is 0 Å². The molecule has 1 unspecified atom stereocenters. The zero-order valence-corrected chi connectivity index (χ0v) is 9.67. The average Bonchev–Trinajstić information content (AvgIpc) is 2.75. The smallest absolute Gasteiger partial charge is 0.264 e. The lowest BCUT2D eigenvalue weighted by Crippen LogP contribution is -2.18. The number of hydrogen-bond donors (Lipinski definition) is 1. The van der Waals surface area contributed by atoms with E-state index in [2.05, 4.69) is 10.1 Å². The van der Waals surface area contributed by atoms with Gasteiger partial charge in [-0.2, -0.15) is 4.98 Å². The molecule has 1 atom stereocenters. The molecule has 2 N–H and O–H groups in total. The van der Waals surface area contributed by atoms with Gasteiger partial charge in [0.15, 0.2) is 12.4 Å². The number of para-hydroxylation sites is 1. The van der Waals surface area contributed by atoms with Crippen molar-refractivity contribution in [2.75, 3.05) is 0 Å². The van der Waals surface area contributed by atoms with Gasteiger partial charge in [0, 0.05) is 12.5 Å². The van der Waals surface area contributed by atoms with E-state index in [-0.39, 0.29) is 12.6 Å². The molecule has 1 heterocycles. The van der Waals surface area contributed by atoms with Gasteiger partial charge in [0.05, 0.1) is 0 Å². The topological polar surface area (TPSA) is 74.2 Å². The van der Waals surface area contributed by atoms with Crippen molar-refractivity contribution in [2.45, 2.75) is 26.0 Å². The summed E-state index contributed by atoms with van der Waals surface area (Å²) in [5, 5.41) is 3.82. The van der Waals surface area contributed by atoms with Crippen molar-refractivity contribution in [3.8, 4) is 5.75 Å². The van der Waals surface area contributed by atoms with Gasteiger partial charge in [-0.25, -0.2) is 0 Å². The fourth-order valence-electron chi connectivity index (χ4n) is 1.38. The summed E-state index contributed by atoms with van der Waals surface area (Å²) in [6.07, 6.45) is 0.606. The van der Waals surface area contributed by atoms with Gasteiger partial charge >= 0.3 is 0 Å². The van der Waals surface area contributed by atoms with E-state index in [0.29, 0.717) is 18.1 Å². The maximum atomic E-state index is 5.65. The number of aromatic nitrogens is 2. The van der Waals surface area contributed by atoms with Crippen LogP contribution in [0.1, 0.15) is 18.6 Å². The minimum Gasteiger partial charge on any atom is -0.484 e. The third-order valence-corrected chi connectivity index (χ3v) is 2.12.